The number of aliphatic imine (C=N–C) groups is 1. The number of hydrogen-bond donors (Lipinski definition) is 0. The van der Waals surface area contributed by atoms with E-state index in [2.05, 4.69) is 52.1 Å². The van der Waals surface area contributed by atoms with Crippen molar-refractivity contribution in [3.63, 3.8) is 0 Å². The number of rotatable bonds is 4. The van der Waals surface area contributed by atoms with E-state index < -0.39 is 0 Å². The van der Waals surface area contributed by atoms with Crippen molar-refractivity contribution in [2.45, 2.75) is 45.7 Å². The van der Waals surface area contributed by atoms with Crippen LogP contribution in [0.4, 0.5) is 0 Å². The summed E-state index contributed by atoms with van der Waals surface area (Å²) < 4.78 is 0. The third-order valence-electron chi connectivity index (χ3n) is 5.61. The van der Waals surface area contributed by atoms with Gasteiger partial charge >= 0.3 is 0 Å². The molecule has 0 bridgehead atoms. The highest BCUT2D eigenvalue weighted by atomic mass is 32.1. The number of benzene rings is 1. The van der Waals surface area contributed by atoms with Gasteiger partial charge in [-0.05, 0) is 26.2 Å². The largest absolute Gasteiger partial charge is 0.293 e. The molecule has 6 heteroatoms. The molecule has 2 aliphatic rings. The van der Waals surface area contributed by atoms with Crippen LogP contribution in [0, 0.1) is 6.92 Å². The number of hydrogen-bond acceptors (Lipinski definition) is 6. The summed E-state index contributed by atoms with van der Waals surface area (Å²) in [4.78, 5) is 22.8. The first-order valence-corrected chi connectivity index (χ1v) is 11.2. The van der Waals surface area contributed by atoms with Crippen LogP contribution in [-0.4, -0.2) is 38.7 Å². The van der Waals surface area contributed by atoms with E-state index in [0.717, 1.165) is 61.3 Å². The predicted molar refractivity (Wildman–Crippen MR) is 117 cm³/mol. The molecule has 0 amide bonds. The first-order chi connectivity index (χ1) is 14.3. The van der Waals surface area contributed by atoms with E-state index in [1.165, 1.54) is 34.5 Å². The molecule has 0 saturated heterocycles. The molecule has 1 aromatic carbocycles. The summed E-state index contributed by atoms with van der Waals surface area (Å²) >= 11 is 1.81. The zero-order valence-corrected chi connectivity index (χ0v) is 17.6. The third-order valence-corrected chi connectivity index (χ3v) is 6.57. The van der Waals surface area contributed by atoms with Gasteiger partial charge in [-0.3, -0.25) is 9.89 Å². The third kappa shape index (κ3) is 4.00. The molecule has 4 heterocycles. The minimum absolute atomic E-state index is 0.848. The van der Waals surface area contributed by atoms with Crippen molar-refractivity contribution in [2.75, 3.05) is 13.1 Å². The van der Waals surface area contributed by atoms with Crippen LogP contribution in [0.2, 0.25) is 0 Å². The molecule has 0 unspecified atom stereocenters. The smallest absolute Gasteiger partial charge is 0.173 e. The molecule has 0 radical (unpaired) electrons. The minimum Gasteiger partial charge on any atom is -0.293 e. The Morgan fingerprint density at radius 2 is 1.97 bits per heavy atom. The molecule has 29 heavy (non-hydrogen) atoms. The Morgan fingerprint density at radius 1 is 1.07 bits per heavy atom. The molecule has 0 N–H and O–H groups in total. The highest BCUT2D eigenvalue weighted by Crippen LogP contribution is 2.30. The lowest BCUT2D eigenvalue weighted by Gasteiger charge is -2.28. The molecule has 3 aromatic rings. The monoisotopic (exact) mass is 403 g/mol. The molecule has 5 nitrogen and oxygen atoms in total. The molecule has 148 valence electrons. The Balaban J connectivity index is 1.34. The van der Waals surface area contributed by atoms with Crippen LogP contribution in [-0.2, 0) is 19.5 Å². The number of nitrogens with zero attached hydrogens (tertiary/aromatic N) is 5. The van der Waals surface area contributed by atoms with Crippen molar-refractivity contribution in [2.24, 2.45) is 4.99 Å². The van der Waals surface area contributed by atoms with Gasteiger partial charge < -0.3 is 0 Å². The second-order valence-electron chi connectivity index (χ2n) is 7.78. The maximum absolute atomic E-state index is 4.87. The zero-order chi connectivity index (χ0) is 19.6. The van der Waals surface area contributed by atoms with Gasteiger partial charge in [0.15, 0.2) is 5.82 Å². The fraction of sp³-hybridized carbons (Fsp3) is 0.391. The minimum atomic E-state index is 0.848. The van der Waals surface area contributed by atoms with Crippen LogP contribution < -0.4 is 0 Å². The highest BCUT2D eigenvalue weighted by molar-refractivity contribution is 7.12. The first-order valence-electron chi connectivity index (χ1n) is 10.4. The van der Waals surface area contributed by atoms with E-state index in [1.54, 1.807) is 11.3 Å². The molecule has 0 aliphatic carbocycles. The van der Waals surface area contributed by atoms with Crippen LogP contribution in [0.3, 0.4) is 0 Å². The van der Waals surface area contributed by atoms with E-state index in [-0.39, 0.29) is 0 Å². The van der Waals surface area contributed by atoms with Crippen molar-refractivity contribution < 1.29 is 0 Å². The van der Waals surface area contributed by atoms with Crippen molar-refractivity contribution in [1.29, 1.82) is 0 Å². The Bertz CT molecular complexity index is 1040. The van der Waals surface area contributed by atoms with E-state index in [0.29, 0.717) is 0 Å². The van der Waals surface area contributed by atoms with Crippen LogP contribution in [0.5, 0.6) is 0 Å². The highest BCUT2D eigenvalue weighted by Gasteiger charge is 2.22. The molecule has 0 saturated carbocycles. The Hall–Kier alpha value is -2.44. The normalized spacial score (nSPS) is 17.1. The maximum Gasteiger partial charge on any atom is 0.173 e. The van der Waals surface area contributed by atoms with Gasteiger partial charge in [-0.1, -0.05) is 30.3 Å². The van der Waals surface area contributed by atoms with Crippen molar-refractivity contribution in [1.82, 2.24) is 19.9 Å². The number of aromatic nitrogens is 3. The second-order valence-corrected chi connectivity index (χ2v) is 9.07. The molecular formula is C23H25N5S. The SMILES string of the molecule is Cc1nc(-c2ccccc2)c(CN2CCc3nc(C4=NCCCC4)ncc3C2)s1. The molecular weight excluding hydrogens is 378 g/mol. The van der Waals surface area contributed by atoms with Gasteiger partial charge in [0.05, 0.1) is 22.1 Å². The van der Waals surface area contributed by atoms with Crippen LogP contribution in [0.25, 0.3) is 11.3 Å². The van der Waals surface area contributed by atoms with Crippen molar-refractivity contribution in [3.8, 4) is 11.3 Å². The number of fused-ring (bicyclic) bond motifs is 1. The van der Waals surface area contributed by atoms with Gasteiger partial charge in [0.1, 0.15) is 0 Å². The average Bonchev–Trinajstić information content (AvgIpc) is 3.14. The molecule has 0 fully saturated rings. The van der Waals surface area contributed by atoms with Gasteiger partial charge in [0, 0.05) is 54.8 Å². The quantitative estimate of drug-likeness (QED) is 0.646. The summed E-state index contributed by atoms with van der Waals surface area (Å²) in [6.45, 7) is 5.84. The Morgan fingerprint density at radius 3 is 2.79 bits per heavy atom. The topological polar surface area (TPSA) is 54.3 Å². The van der Waals surface area contributed by atoms with E-state index in [9.17, 15) is 0 Å². The molecule has 2 aliphatic heterocycles. The molecule has 0 atom stereocenters. The molecule has 2 aromatic heterocycles. The van der Waals surface area contributed by atoms with Gasteiger partial charge in [0.2, 0.25) is 0 Å². The summed E-state index contributed by atoms with van der Waals surface area (Å²) in [6, 6.07) is 10.5. The lowest BCUT2D eigenvalue weighted by molar-refractivity contribution is 0.245. The van der Waals surface area contributed by atoms with Crippen LogP contribution in [0.1, 0.15) is 46.2 Å². The number of aryl methyl sites for hydroxylation is 1. The standard InChI is InChI=1S/C23H25N5S/c1-16-26-22(17-7-3-2-4-8-17)21(29-16)15-28-12-10-19-18(14-28)13-25-23(27-19)20-9-5-6-11-24-20/h2-4,7-8,13H,5-6,9-12,14-15H2,1H3. The van der Waals surface area contributed by atoms with Crippen LogP contribution in [0.15, 0.2) is 41.5 Å². The first kappa shape index (κ1) is 18.6. The lowest BCUT2D eigenvalue weighted by atomic mass is 10.0. The van der Waals surface area contributed by atoms with E-state index in [1.807, 2.05) is 6.20 Å². The summed E-state index contributed by atoms with van der Waals surface area (Å²) in [5.74, 6) is 0.848. The fourth-order valence-corrected chi connectivity index (χ4v) is 5.13. The lowest BCUT2D eigenvalue weighted by Crippen LogP contribution is -2.31. The predicted octanol–water partition coefficient (Wildman–Crippen LogP) is 4.44. The fourth-order valence-electron chi connectivity index (χ4n) is 4.13. The Labute approximate surface area is 175 Å². The second kappa shape index (κ2) is 8.13. The van der Waals surface area contributed by atoms with Crippen molar-refractivity contribution in [3.05, 3.63) is 63.5 Å². The summed E-state index contributed by atoms with van der Waals surface area (Å²) in [5, 5.41) is 1.12. The average molecular weight is 404 g/mol. The maximum atomic E-state index is 4.87. The summed E-state index contributed by atoms with van der Waals surface area (Å²) in [6.07, 6.45) is 6.39. The van der Waals surface area contributed by atoms with Gasteiger partial charge in [-0.25, -0.2) is 15.0 Å². The van der Waals surface area contributed by atoms with Gasteiger partial charge in [-0.15, -0.1) is 11.3 Å². The van der Waals surface area contributed by atoms with E-state index in [4.69, 9.17) is 9.97 Å². The summed E-state index contributed by atoms with van der Waals surface area (Å²) in [5.41, 5.74) is 5.86. The molecule has 5 rings (SSSR count). The van der Waals surface area contributed by atoms with Crippen molar-refractivity contribution >= 4 is 17.0 Å². The molecule has 0 spiro atoms. The van der Waals surface area contributed by atoms with Crippen LogP contribution >= 0.6 is 11.3 Å². The van der Waals surface area contributed by atoms with Gasteiger partial charge in [0.25, 0.3) is 0 Å². The number of thiazole rings is 1. The Kier molecular flexibility index (Phi) is 5.21. The van der Waals surface area contributed by atoms with E-state index >= 15 is 0 Å². The zero-order valence-electron chi connectivity index (χ0n) is 16.8. The summed E-state index contributed by atoms with van der Waals surface area (Å²) in [7, 11) is 0. The van der Waals surface area contributed by atoms with Gasteiger partial charge in [-0.2, -0.15) is 0 Å².